The second-order valence-corrected chi connectivity index (χ2v) is 12.3. The normalized spacial score (nSPS) is 14.9. The first-order valence-corrected chi connectivity index (χ1v) is 13.9. The minimum absolute atomic E-state index is 0.0830. The van der Waals surface area contributed by atoms with Gasteiger partial charge in [-0.25, -0.2) is 4.79 Å². The van der Waals surface area contributed by atoms with Gasteiger partial charge in [0.1, 0.15) is 17.7 Å². The van der Waals surface area contributed by atoms with Crippen LogP contribution in [0.3, 0.4) is 0 Å². The van der Waals surface area contributed by atoms with E-state index in [1.165, 1.54) is 0 Å². The van der Waals surface area contributed by atoms with Crippen LogP contribution >= 0.6 is 0 Å². The van der Waals surface area contributed by atoms with Crippen molar-refractivity contribution in [2.45, 2.75) is 105 Å². The molecule has 7 heteroatoms. The van der Waals surface area contributed by atoms with Gasteiger partial charge < -0.3 is 20.3 Å². The maximum Gasteiger partial charge on any atom is 0.408 e. The van der Waals surface area contributed by atoms with E-state index in [0.717, 1.165) is 46.3 Å². The predicted molar refractivity (Wildman–Crippen MR) is 156 cm³/mol. The lowest BCUT2D eigenvalue weighted by Gasteiger charge is -2.36. The van der Waals surface area contributed by atoms with Gasteiger partial charge >= 0.3 is 6.09 Å². The van der Waals surface area contributed by atoms with Crippen molar-refractivity contribution < 1.29 is 19.1 Å². The Balaban J connectivity index is 2.08. The summed E-state index contributed by atoms with van der Waals surface area (Å²) in [6.45, 7) is 17.3. The summed E-state index contributed by atoms with van der Waals surface area (Å²) in [5.74, 6) is -0.385. The number of benzene rings is 2. The second kappa shape index (κ2) is 12.2. The lowest BCUT2D eigenvalue weighted by Crippen LogP contribution is -2.53. The van der Waals surface area contributed by atoms with E-state index >= 15 is 0 Å². The number of rotatable bonds is 9. The van der Waals surface area contributed by atoms with Gasteiger partial charge in [0.25, 0.3) is 5.91 Å². The largest absolute Gasteiger partial charge is 0.444 e. The van der Waals surface area contributed by atoms with E-state index in [4.69, 9.17) is 4.74 Å². The fraction of sp³-hybridized carbons (Fsp3) is 0.531. The molecule has 0 aromatic heterocycles. The highest BCUT2D eigenvalue weighted by atomic mass is 16.6. The Morgan fingerprint density at radius 3 is 1.90 bits per heavy atom. The van der Waals surface area contributed by atoms with Crippen LogP contribution in [0.2, 0.25) is 0 Å². The van der Waals surface area contributed by atoms with E-state index in [2.05, 4.69) is 10.6 Å². The molecule has 2 unspecified atom stereocenters. The number of carbonyl (C=O) groups is 3. The first-order chi connectivity index (χ1) is 18.2. The van der Waals surface area contributed by atoms with Gasteiger partial charge in [-0.2, -0.15) is 0 Å². The molecule has 0 aliphatic heterocycles. The van der Waals surface area contributed by atoms with Crippen LogP contribution in [0.25, 0.3) is 0 Å². The molecule has 2 atom stereocenters. The number of aryl methyl sites for hydroxylation is 4. The fourth-order valence-corrected chi connectivity index (χ4v) is 5.05. The molecule has 2 N–H and O–H groups in total. The number of amides is 3. The number of nitrogens with zero attached hydrogens (tertiary/aromatic N) is 1. The fourth-order valence-electron chi connectivity index (χ4n) is 5.05. The summed E-state index contributed by atoms with van der Waals surface area (Å²) in [7, 11) is 0. The van der Waals surface area contributed by atoms with Crippen molar-refractivity contribution >= 4 is 23.6 Å². The van der Waals surface area contributed by atoms with Gasteiger partial charge in [-0.05, 0) is 101 Å². The standard InChI is InChI=1S/C32H45N3O4/c1-19(2)18-25(33-31(38)39-32(7,8)9)30(37)35(24-16-17-24)28(26-20(3)12-10-13-21(26)4)29(36)34-27-22(5)14-11-15-23(27)6/h10-15,19,24-25,28H,16-18H2,1-9H3,(H,33,38)(H,34,36). The van der Waals surface area contributed by atoms with Crippen LogP contribution in [0.1, 0.15) is 87.7 Å². The third kappa shape index (κ3) is 7.84. The minimum Gasteiger partial charge on any atom is -0.444 e. The molecular weight excluding hydrogens is 490 g/mol. The van der Waals surface area contributed by atoms with Crippen molar-refractivity contribution in [1.82, 2.24) is 10.2 Å². The molecule has 1 aliphatic rings. The highest BCUT2D eigenvalue weighted by Crippen LogP contribution is 2.39. The van der Waals surface area contributed by atoms with Crippen LogP contribution in [-0.4, -0.2) is 40.5 Å². The molecule has 0 bridgehead atoms. The molecule has 2 aromatic rings. The Kier molecular flexibility index (Phi) is 9.47. The molecular formula is C32H45N3O4. The monoisotopic (exact) mass is 535 g/mol. The van der Waals surface area contributed by atoms with E-state index in [-0.39, 0.29) is 23.8 Å². The molecule has 0 saturated heterocycles. The van der Waals surface area contributed by atoms with E-state index in [1.54, 1.807) is 25.7 Å². The van der Waals surface area contributed by atoms with Gasteiger partial charge in [0.2, 0.25) is 5.91 Å². The zero-order chi connectivity index (χ0) is 29.1. The summed E-state index contributed by atoms with van der Waals surface area (Å²) in [5, 5.41) is 5.98. The smallest absolute Gasteiger partial charge is 0.408 e. The number of para-hydroxylation sites is 1. The molecule has 0 spiro atoms. The van der Waals surface area contributed by atoms with Crippen LogP contribution in [0.5, 0.6) is 0 Å². The molecule has 1 saturated carbocycles. The van der Waals surface area contributed by atoms with Crippen molar-refractivity contribution in [3.8, 4) is 0 Å². The summed E-state index contributed by atoms with van der Waals surface area (Å²) in [5.41, 5.74) is 4.67. The maximum absolute atomic E-state index is 14.4. The highest BCUT2D eigenvalue weighted by Gasteiger charge is 2.45. The van der Waals surface area contributed by atoms with Crippen LogP contribution < -0.4 is 10.6 Å². The minimum atomic E-state index is -0.847. The number of hydrogen-bond donors (Lipinski definition) is 2. The molecule has 2 aromatic carbocycles. The molecule has 1 fully saturated rings. The van der Waals surface area contributed by atoms with E-state index < -0.39 is 23.8 Å². The number of carbonyl (C=O) groups excluding carboxylic acids is 3. The lowest BCUT2D eigenvalue weighted by molar-refractivity contribution is -0.141. The van der Waals surface area contributed by atoms with E-state index in [0.29, 0.717) is 6.42 Å². The molecule has 212 valence electrons. The Morgan fingerprint density at radius 2 is 1.44 bits per heavy atom. The van der Waals surface area contributed by atoms with Crippen molar-refractivity contribution in [3.63, 3.8) is 0 Å². The van der Waals surface area contributed by atoms with Crippen molar-refractivity contribution in [1.29, 1.82) is 0 Å². The summed E-state index contributed by atoms with van der Waals surface area (Å²) < 4.78 is 5.49. The Bertz CT molecular complexity index is 1170. The number of anilines is 1. The first-order valence-electron chi connectivity index (χ1n) is 13.9. The van der Waals surface area contributed by atoms with Crippen LogP contribution in [0, 0.1) is 33.6 Å². The summed E-state index contributed by atoms with van der Waals surface area (Å²) in [6.07, 6.45) is 1.41. The number of hydrogen-bond acceptors (Lipinski definition) is 4. The quantitative estimate of drug-likeness (QED) is 0.382. The second-order valence-electron chi connectivity index (χ2n) is 12.3. The van der Waals surface area contributed by atoms with Gasteiger partial charge in [-0.15, -0.1) is 0 Å². The predicted octanol–water partition coefficient (Wildman–Crippen LogP) is 6.53. The summed E-state index contributed by atoms with van der Waals surface area (Å²) in [6, 6.07) is 10.0. The zero-order valence-corrected chi connectivity index (χ0v) is 25.0. The van der Waals surface area contributed by atoms with E-state index in [1.807, 2.05) is 77.9 Å². The van der Waals surface area contributed by atoms with E-state index in [9.17, 15) is 14.4 Å². The van der Waals surface area contributed by atoms with Crippen molar-refractivity contribution in [2.24, 2.45) is 5.92 Å². The topological polar surface area (TPSA) is 87.7 Å². The zero-order valence-electron chi connectivity index (χ0n) is 25.0. The SMILES string of the molecule is Cc1cccc(C)c1NC(=O)C(c1c(C)cccc1C)N(C(=O)C(CC(C)C)NC(=O)OC(C)(C)C)C1CC1. The lowest BCUT2D eigenvalue weighted by atomic mass is 9.92. The molecule has 39 heavy (non-hydrogen) atoms. The van der Waals surface area contributed by atoms with Crippen LogP contribution in [0.4, 0.5) is 10.5 Å². The average molecular weight is 536 g/mol. The van der Waals surface area contributed by atoms with Gasteiger partial charge in [0, 0.05) is 11.7 Å². The average Bonchev–Trinajstić information content (AvgIpc) is 3.63. The highest BCUT2D eigenvalue weighted by molar-refractivity contribution is 6.00. The summed E-state index contributed by atoms with van der Waals surface area (Å²) >= 11 is 0. The third-order valence-corrected chi connectivity index (χ3v) is 6.96. The van der Waals surface area contributed by atoms with Crippen LogP contribution in [-0.2, 0) is 14.3 Å². The summed E-state index contributed by atoms with van der Waals surface area (Å²) in [4.78, 5) is 43.1. The Morgan fingerprint density at radius 1 is 0.923 bits per heavy atom. The molecule has 0 heterocycles. The van der Waals surface area contributed by atoms with Crippen molar-refractivity contribution in [3.05, 3.63) is 64.2 Å². The number of nitrogens with one attached hydrogen (secondary N) is 2. The number of alkyl carbamates (subject to hydrolysis) is 1. The Labute approximate surface area is 233 Å². The molecule has 7 nitrogen and oxygen atoms in total. The molecule has 3 amide bonds. The van der Waals surface area contributed by atoms with Crippen LogP contribution in [0.15, 0.2) is 36.4 Å². The molecule has 1 aliphatic carbocycles. The molecule has 3 rings (SSSR count). The first kappa shape index (κ1) is 30.2. The van der Waals surface area contributed by atoms with Gasteiger partial charge in [0.05, 0.1) is 0 Å². The third-order valence-electron chi connectivity index (χ3n) is 6.96. The van der Waals surface area contributed by atoms with Gasteiger partial charge in [-0.3, -0.25) is 9.59 Å². The Hall–Kier alpha value is -3.35. The van der Waals surface area contributed by atoms with Gasteiger partial charge in [0.15, 0.2) is 0 Å². The van der Waals surface area contributed by atoms with Crippen molar-refractivity contribution in [2.75, 3.05) is 5.32 Å². The molecule has 0 radical (unpaired) electrons. The van der Waals surface area contributed by atoms with Gasteiger partial charge in [-0.1, -0.05) is 50.2 Å². The maximum atomic E-state index is 14.4. The number of ether oxygens (including phenoxy) is 1.